The second-order valence-electron chi connectivity index (χ2n) is 8.41. The number of nitrogens with one attached hydrogen (secondary N) is 1. The number of aromatic nitrogens is 1. The summed E-state index contributed by atoms with van der Waals surface area (Å²) in [6, 6.07) is 24.6. The fourth-order valence-corrected chi connectivity index (χ4v) is 3.90. The highest BCUT2D eigenvalue weighted by Crippen LogP contribution is 2.22. The molecule has 0 aliphatic rings. The minimum absolute atomic E-state index is 0.108. The lowest BCUT2D eigenvalue weighted by atomic mass is 10.2. The Morgan fingerprint density at radius 2 is 1.65 bits per heavy atom. The lowest BCUT2D eigenvalue weighted by Gasteiger charge is -2.10. The van der Waals surface area contributed by atoms with Gasteiger partial charge in [-0.1, -0.05) is 0 Å². The first kappa shape index (κ1) is 23.9. The molecule has 8 heteroatoms. The zero-order valence-electron chi connectivity index (χ0n) is 20.3. The van der Waals surface area contributed by atoms with Crippen LogP contribution in [0.5, 0.6) is 5.75 Å². The zero-order chi connectivity index (χ0) is 25.8. The SMILES string of the molecule is Cc1ccc(C)n1-c1ccc(OCc2ccc(C(=O)N/N=C/c3ccc(-c4ccc(F)cc4)o3)o2)cc1. The van der Waals surface area contributed by atoms with Crippen LogP contribution in [0.2, 0.25) is 0 Å². The number of amides is 1. The van der Waals surface area contributed by atoms with Gasteiger partial charge >= 0.3 is 5.91 Å². The van der Waals surface area contributed by atoms with Crippen LogP contribution in [0.25, 0.3) is 17.0 Å². The largest absolute Gasteiger partial charge is 0.486 e. The van der Waals surface area contributed by atoms with Crippen molar-refractivity contribution in [3.05, 3.63) is 119 Å². The summed E-state index contributed by atoms with van der Waals surface area (Å²) in [5.74, 6) is 1.47. The standard InChI is InChI=1S/C29H24FN3O4/c1-19-3-4-20(2)33(19)23-9-11-24(12-10-23)35-18-26-14-16-28(37-26)29(34)32-31-17-25-13-15-27(36-25)21-5-7-22(30)8-6-21/h3-17H,18H2,1-2H3,(H,32,34)/b31-17+. The van der Waals surface area contributed by atoms with Crippen molar-refractivity contribution >= 4 is 12.1 Å². The van der Waals surface area contributed by atoms with E-state index in [0.29, 0.717) is 23.0 Å². The van der Waals surface area contributed by atoms with Gasteiger partial charge in [0.15, 0.2) is 5.76 Å². The van der Waals surface area contributed by atoms with Gasteiger partial charge in [-0.25, -0.2) is 9.82 Å². The molecule has 5 aromatic rings. The Bertz CT molecular complexity index is 1520. The number of hydrazone groups is 1. The minimum Gasteiger partial charge on any atom is -0.486 e. The van der Waals surface area contributed by atoms with Gasteiger partial charge in [0.1, 0.15) is 35.5 Å². The molecule has 1 amide bonds. The highest BCUT2D eigenvalue weighted by atomic mass is 19.1. The molecule has 0 radical (unpaired) electrons. The van der Waals surface area contributed by atoms with E-state index in [0.717, 1.165) is 22.6 Å². The Morgan fingerprint density at radius 3 is 2.38 bits per heavy atom. The van der Waals surface area contributed by atoms with Crippen LogP contribution >= 0.6 is 0 Å². The molecule has 3 aromatic heterocycles. The zero-order valence-corrected chi connectivity index (χ0v) is 20.3. The fourth-order valence-electron chi connectivity index (χ4n) is 3.90. The van der Waals surface area contributed by atoms with Crippen molar-refractivity contribution < 1.29 is 22.8 Å². The van der Waals surface area contributed by atoms with Crippen molar-refractivity contribution in [2.75, 3.05) is 0 Å². The van der Waals surface area contributed by atoms with Crippen LogP contribution in [0.15, 0.2) is 98.9 Å². The van der Waals surface area contributed by atoms with Gasteiger partial charge in [0.05, 0.1) is 6.21 Å². The number of carbonyl (C=O) groups is 1. The van der Waals surface area contributed by atoms with Crippen molar-refractivity contribution in [2.45, 2.75) is 20.5 Å². The molecule has 0 spiro atoms. The van der Waals surface area contributed by atoms with Gasteiger partial charge in [0, 0.05) is 22.6 Å². The van der Waals surface area contributed by atoms with E-state index < -0.39 is 5.91 Å². The molecule has 0 aliphatic carbocycles. The van der Waals surface area contributed by atoms with Gasteiger partial charge in [0.25, 0.3) is 0 Å². The Kier molecular flexibility index (Phi) is 6.72. The van der Waals surface area contributed by atoms with Crippen molar-refractivity contribution in [3.8, 4) is 22.8 Å². The van der Waals surface area contributed by atoms with Crippen LogP contribution in [-0.4, -0.2) is 16.7 Å². The van der Waals surface area contributed by atoms with Gasteiger partial charge in [-0.3, -0.25) is 4.79 Å². The summed E-state index contributed by atoms with van der Waals surface area (Å²) >= 11 is 0. The van der Waals surface area contributed by atoms with Crippen LogP contribution in [0.1, 0.15) is 33.5 Å². The smallest absolute Gasteiger partial charge is 0.307 e. The molecule has 1 N–H and O–H groups in total. The summed E-state index contributed by atoms with van der Waals surface area (Å²) < 4.78 is 32.3. The van der Waals surface area contributed by atoms with Crippen molar-refractivity contribution in [1.29, 1.82) is 0 Å². The van der Waals surface area contributed by atoms with E-state index in [9.17, 15) is 9.18 Å². The van der Waals surface area contributed by atoms with Gasteiger partial charge in [0.2, 0.25) is 0 Å². The number of carbonyl (C=O) groups excluding carboxylic acids is 1. The second-order valence-corrected chi connectivity index (χ2v) is 8.41. The number of furan rings is 2. The molecule has 0 atom stereocenters. The summed E-state index contributed by atoms with van der Waals surface area (Å²) in [5, 5.41) is 3.91. The lowest BCUT2D eigenvalue weighted by Crippen LogP contribution is -2.16. The minimum atomic E-state index is -0.505. The lowest BCUT2D eigenvalue weighted by molar-refractivity contribution is 0.0923. The van der Waals surface area contributed by atoms with E-state index in [2.05, 4.69) is 41.1 Å². The number of halogens is 1. The summed E-state index contributed by atoms with van der Waals surface area (Å²) in [6.07, 6.45) is 1.37. The van der Waals surface area contributed by atoms with Crippen molar-refractivity contribution in [2.24, 2.45) is 5.10 Å². The summed E-state index contributed by atoms with van der Waals surface area (Å²) in [4.78, 5) is 12.4. The quantitative estimate of drug-likeness (QED) is 0.198. The first-order valence-corrected chi connectivity index (χ1v) is 11.6. The van der Waals surface area contributed by atoms with Crippen LogP contribution < -0.4 is 10.2 Å². The van der Waals surface area contributed by atoms with E-state index in [4.69, 9.17) is 13.6 Å². The predicted molar refractivity (Wildman–Crippen MR) is 137 cm³/mol. The Morgan fingerprint density at radius 1 is 0.919 bits per heavy atom. The van der Waals surface area contributed by atoms with Crippen LogP contribution in [0, 0.1) is 19.7 Å². The monoisotopic (exact) mass is 497 g/mol. The molecule has 0 bridgehead atoms. The highest BCUT2D eigenvalue weighted by Gasteiger charge is 2.11. The van der Waals surface area contributed by atoms with E-state index in [1.807, 2.05) is 24.3 Å². The third-order valence-corrected chi connectivity index (χ3v) is 5.75. The molecule has 2 aromatic carbocycles. The predicted octanol–water partition coefficient (Wildman–Crippen LogP) is 6.43. The molecule has 0 unspecified atom stereocenters. The van der Waals surface area contributed by atoms with E-state index in [-0.39, 0.29) is 18.2 Å². The summed E-state index contributed by atoms with van der Waals surface area (Å²) in [5.41, 5.74) is 6.52. The average Bonchev–Trinajstić information content (AvgIpc) is 3.64. The molecule has 0 saturated carbocycles. The average molecular weight is 498 g/mol. The Labute approximate surface area is 212 Å². The van der Waals surface area contributed by atoms with Crippen LogP contribution in [0.3, 0.4) is 0 Å². The number of ether oxygens (including phenoxy) is 1. The maximum absolute atomic E-state index is 13.1. The first-order valence-electron chi connectivity index (χ1n) is 11.6. The van der Waals surface area contributed by atoms with E-state index in [1.165, 1.54) is 18.3 Å². The normalized spacial score (nSPS) is 11.2. The molecular weight excluding hydrogens is 473 g/mol. The fraction of sp³-hybridized carbons (Fsp3) is 0.103. The highest BCUT2D eigenvalue weighted by molar-refractivity contribution is 5.92. The van der Waals surface area contributed by atoms with Crippen LogP contribution in [0.4, 0.5) is 4.39 Å². The number of aryl methyl sites for hydroxylation is 2. The van der Waals surface area contributed by atoms with Gasteiger partial charge in [-0.2, -0.15) is 5.10 Å². The maximum atomic E-state index is 13.1. The molecule has 3 heterocycles. The summed E-state index contributed by atoms with van der Waals surface area (Å²) in [7, 11) is 0. The summed E-state index contributed by atoms with van der Waals surface area (Å²) in [6.45, 7) is 4.31. The van der Waals surface area contributed by atoms with Gasteiger partial charge < -0.3 is 18.1 Å². The van der Waals surface area contributed by atoms with E-state index >= 15 is 0 Å². The third-order valence-electron chi connectivity index (χ3n) is 5.75. The Hall–Kier alpha value is -4.85. The number of nitrogens with zero attached hydrogens (tertiary/aromatic N) is 2. The number of rotatable bonds is 8. The topological polar surface area (TPSA) is 81.9 Å². The number of hydrogen-bond donors (Lipinski definition) is 1. The number of benzene rings is 2. The van der Waals surface area contributed by atoms with Crippen molar-refractivity contribution in [1.82, 2.24) is 9.99 Å². The van der Waals surface area contributed by atoms with Crippen LogP contribution in [-0.2, 0) is 6.61 Å². The number of hydrogen-bond acceptors (Lipinski definition) is 5. The van der Waals surface area contributed by atoms with E-state index in [1.54, 1.807) is 36.4 Å². The molecule has 7 nitrogen and oxygen atoms in total. The second kappa shape index (κ2) is 10.4. The first-order chi connectivity index (χ1) is 18.0. The van der Waals surface area contributed by atoms with Gasteiger partial charge in [-0.15, -0.1) is 0 Å². The molecular formula is C29H24FN3O4. The van der Waals surface area contributed by atoms with Gasteiger partial charge in [-0.05, 0) is 98.8 Å². The maximum Gasteiger partial charge on any atom is 0.307 e. The molecule has 0 fully saturated rings. The molecule has 37 heavy (non-hydrogen) atoms. The van der Waals surface area contributed by atoms with Crippen molar-refractivity contribution in [3.63, 3.8) is 0 Å². The molecule has 0 aliphatic heterocycles. The Balaban J connectivity index is 1.13. The molecule has 0 saturated heterocycles. The molecule has 186 valence electrons. The molecule has 5 rings (SSSR count). The third kappa shape index (κ3) is 5.54.